The van der Waals surface area contributed by atoms with Gasteiger partial charge in [0.25, 0.3) is 0 Å². The van der Waals surface area contributed by atoms with Gasteiger partial charge < -0.3 is 4.74 Å². The van der Waals surface area contributed by atoms with E-state index in [0.717, 1.165) is 0 Å². The van der Waals surface area contributed by atoms with E-state index in [4.69, 9.17) is 4.74 Å². The predicted octanol–water partition coefficient (Wildman–Crippen LogP) is 1.43. The number of allylic oxidation sites excluding steroid dienone is 1. The zero-order valence-corrected chi connectivity index (χ0v) is 9.83. The fourth-order valence-electron chi connectivity index (χ4n) is 1.97. The lowest BCUT2D eigenvalue weighted by atomic mass is 9.71. The number of hydrogen-bond donors (Lipinski definition) is 0. The van der Waals surface area contributed by atoms with Crippen molar-refractivity contribution >= 4 is 18.0 Å². The Morgan fingerprint density at radius 2 is 2.19 bits per heavy atom. The summed E-state index contributed by atoms with van der Waals surface area (Å²) >= 11 is 0. The summed E-state index contributed by atoms with van der Waals surface area (Å²) in [5.74, 6) is -0.493. The Hall–Kier alpha value is -1.45. The van der Waals surface area contributed by atoms with Crippen LogP contribution in [0.15, 0.2) is 11.1 Å². The van der Waals surface area contributed by atoms with Crippen molar-refractivity contribution in [2.24, 2.45) is 5.41 Å². The molecule has 16 heavy (non-hydrogen) atoms. The van der Waals surface area contributed by atoms with Crippen molar-refractivity contribution < 1.29 is 19.1 Å². The molecular weight excluding hydrogens is 208 g/mol. The van der Waals surface area contributed by atoms with Crippen molar-refractivity contribution in [2.45, 2.75) is 33.6 Å². The molecule has 4 nitrogen and oxygen atoms in total. The molecule has 1 rings (SSSR count). The van der Waals surface area contributed by atoms with E-state index in [1.54, 1.807) is 20.8 Å². The number of carbonyl (C=O) groups is 3. The molecule has 0 bridgehead atoms. The van der Waals surface area contributed by atoms with Gasteiger partial charge in [-0.15, -0.1) is 0 Å². The summed E-state index contributed by atoms with van der Waals surface area (Å²) in [4.78, 5) is 34.3. The van der Waals surface area contributed by atoms with Crippen LogP contribution in [0.3, 0.4) is 0 Å². The van der Waals surface area contributed by atoms with E-state index in [1.807, 2.05) is 0 Å². The Labute approximate surface area is 94.7 Å². The summed E-state index contributed by atoms with van der Waals surface area (Å²) in [5.41, 5.74) is -0.311. The molecule has 0 saturated carbocycles. The van der Waals surface area contributed by atoms with E-state index in [1.165, 1.54) is 0 Å². The first-order valence-corrected chi connectivity index (χ1v) is 5.34. The summed E-state index contributed by atoms with van der Waals surface area (Å²) < 4.78 is 4.96. The highest BCUT2D eigenvalue weighted by Crippen LogP contribution is 2.39. The van der Waals surface area contributed by atoms with Crippen molar-refractivity contribution in [2.75, 3.05) is 6.61 Å². The van der Waals surface area contributed by atoms with Crippen LogP contribution < -0.4 is 0 Å². The van der Waals surface area contributed by atoms with Gasteiger partial charge in [0, 0.05) is 12.0 Å². The van der Waals surface area contributed by atoms with E-state index in [2.05, 4.69) is 0 Å². The van der Waals surface area contributed by atoms with Gasteiger partial charge in [0.05, 0.1) is 12.0 Å². The molecule has 0 aromatic rings. The van der Waals surface area contributed by atoms with Gasteiger partial charge in [-0.25, -0.2) is 0 Å². The van der Waals surface area contributed by atoms with Crippen LogP contribution in [0.4, 0.5) is 0 Å². The first-order chi connectivity index (χ1) is 7.47. The molecule has 0 radical (unpaired) electrons. The van der Waals surface area contributed by atoms with Crippen LogP contribution in [0.1, 0.15) is 33.6 Å². The molecule has 0 fully saturated rings. The minimum atomic E-state index is -0.963. The summed E-state index contributed by atoms with van der Waals surface area (Å²) in [5, 5.41) is 0. The Morgan fingerprint density at radius 3 is 2.69 bits per heavy atom. The lowest BCUT2D eigenvalue weighted by Gasteiger charge is -2.31. The Kier molecular flexibility index (Phi) is 3.62. The standard InChI is InChI=1S/C12H16O4/c1-4-16-11(15)12(3)6-5-10(14)8(2)9(12)7-13/h7H,4-6H2,1-3H3. The largest absolute Gasteiger partial charge is 0.465 e. The SMILES string of the molecule is CCOC(=O)C1(C)CCC(=O)C(C)=C1C=O. The molecule has 88 valence electrons. The van der Waals surface area contributed by atoms with Crippen LogP contribution in [-0.2, 0) is 19.1 Å². The second-order valence-electron chi connectivity index (χ2n) is 4.13. The van der Waals surface area contributed by atoms with Crippen LogP contribution in [0.25, 0.3) is 0 Å². The van der Waals surface area contributed by atoms with Crippen molar-refractivity contribution in [3.63, 3.8) is 0 Å². The van der Waals surface area contributed by atoms with Gasteiger partial charge in [-0.3, -0.25) is 14.4 Å². The summed E-state index contributed by atoms with van der Waals surface area (Å²) in [6.07, 6.45) is 1.23. The van der Waals surface area contributed by atoms with Crippen LogP contribution in [-0.4, -0.2) is 24.6 Å². The molecule has 0 saturated heterocycles. The third-order valence-corrected chi connectivity index (χ3v) is 3.11. The molecule has 0 aliphatic heterocycles. The van der Waals surface area contributed by atoms with Gasteiger partial charge in [0.1, 0.15) is 6.29 Å². The lowest BCUT2D eigenvalue weighted by Crippen LogP contribution is -2.37. The number of esters is 1. The maximum atomic E-state index is 11.8. The van der Waals surface area contributed by atoms with Crippen molar-refractivity contribution in [3.8, 4) is 0 Å². The fraction of sp³-hybridized carbons (Fsp3) is 0.583. The molecule has 1 unspecified atom stereocenters. The molecule has 1 aliphatic carbocycles. The number of hydrogen-bond acceptors (Lipinski definition) is 4. The highest BCUT2D eigenvalue weighted by atomic mass is 16.5. The highest BCUT2D eigenvalue weighted by Gasteiger charge is 2.43. The minimum absolute atomic E-state index is 0.0659. The van der Waals surface area contributed by atoms with Gasteiger partial charge in [-0.2, -0.15) is 0 Å². The normalized spacial score (nSPS) is 25.6. The molecule has 0 spiro atoms. The number of ether oxygens (including phenoxy) is 1. The first kappa shape index (κ1) is 12.6. The summed E-state index contributed by atoms with van der Waals surface area (Å²) in [6.45, 7) is 5.23. The smallest absolute Gasteiger partial charge is 0.316 e. The third-order valence-electron chi connectivity index (χ3n) is 3.11. The van der Waals surface area contributed by atoms with Crippen molar-refractivity contribution in [1.29, 1.82) is 0 Å². The van der Waals surface area contributed by atoms with Crippen LogP contribution >= 0.6 is 0 Å². The fourth-order valence-corrected chi connectivity index (χ4v) is 1.97. The van der Waals surface area contributed by atoms with E-state index in [0.29, 0.717) is 24.7 Å². The quantitative estimate of drug-likeness (QED) is 0.537. The number of rotatable bonds is 3. The maximum absolute atomic E-state index is 11.8. The molecule has 1 aliphatic rings. The van der Waals surface area contributed by atoms with E-state index in [9.17, 15) is 14.4 Å². The Bertz CT molecular complexity index is 367. The third kappa shape index (κ3) is 1.92. The molecule has 0 heterocycles. The average Bonchev–Trinajstić information content (AvgIpc) is 2.25. The Morgan fingerprint density at radius 1 is 1.56 bits per heavy atom. The number of carbonyl (C=O) groups excluding carboxylic acids is 3. The van der Waals surface area contributed by atoms with E-state index in [-0.39, 0.29) is 18.0 Å². The van der Waals surface area contributed by atoms with E-state index >= 15 is 0 Å². The first-order valence-electron chi connectivity index (χ1n) is 5.34. The van der Waals surface area contributed by atoms with Gasteiger partial charge in [0.2, 0.25) is 0 Å². The minimum Gasteiger partial charge on any atom is -0.465 e. The topological polar surface area (TPSA) is 60.4 Å². The molecule has 0 amide bonds. The second kappa shape index (κ2) is 4.60. The average molecular weight is 224 g/mol. The molecule has 0 aromatic carbocycles. The molecule has 1 atom stereocenters. The van der Waals surface area contributed by atoms with Gasteiger partial charge in [-0.1, -0.05) is 0 Å². The molecule has 0 aromatic heterocycles. The van der Waals surface area contributed by atoms with Crippen LogP contribution in [0.5, 0.6) is 0 Å². The molecular formula is C12H16O4. The van der Waals surface area contributed by atoms with Crippen LogP contribution in [0, 0.1) is 5.41 Å². The predicted molar refractivity (Wildman–Crippen MR) is 57.7 cm³/mol. The van der Waals surface area contributed by atoms with E-state index < -0.39 is 11.4 Å². The number of aldehydes is 1. The summed E-state index contributed by atoms with van der Waals surface area (Å²) in [7, 11) is 0. The van der Waals surface area contributed by atoms with Crippen molar-refractivity contribution in [1.82, 2.24) is 0 Å². The monoisotopic (exact) mass is 224 g/mol. The van der Waals surface area contributed by atoms with Gasteiger partial charge in [-0.05, 0) is 32.8 Å². The van der Waals surface area contributed by atoms with Gasteiger partial charge >= 0.3 is 5.97 Å². The van der Waals surface area contributed by atoms with Crippen molar-refractivity contribution in [3.05, 3.63) is 11.1 Å². The lowest BCUT2D eigenvalue weighted by molar-refractivity contribution is -0.153. The number of Topliss-reactive ketones (excluding diaryl/α,β-unsaturated/α-hetero) is 1. The second-order valence-corrected chi connectivity index (χ2v) is 4.13. The molecule has 4 heteroatoms. The van der Waals surface area contributed by atoms with Gasteiger partial charge in [0.15, 0.2) is 5.78 Å². The van der Waals surface area contributed by atoms with Crippen LogP contribution in [0.2, 0.25) is 0 Å². The number of ketones is 1. The zero-order valence-electron chi connectivity index (χ0n) is 9.83. The molecule has 0 N–H and O–H groups in total. The summed E-state index contributed by atoms with van der Waals surface area (Å²) in [6, 6.07) is 0. The highest BCUT2D eigenvalue weighted by molar-refractivity contribution is 6.05. The maximum Gasteiger partial charge on any atom is 0.316 e. The zero-order chi connectivity index (χ0) is 12.3. The Balaban J connectivity index is 3.18.